The van der Waals surface area contributed by atoms with Gasteiger partial charge < -0.3 is 0 Å². The fourth-order valence-corrected chi connectivity index (χ4v) is 11.6. The average molecular weight is 340 g/mol. The second-order valence-electron chi connectivity index (χ2n) is 2.34. The van der Waals surface area contributed by atoms with E-state index in [2.05, 4.69) is 25.6 Å². The van der Waals surface area contributed by atoms with Crippen LogP contribution in [-0.4, -0.2) is 14.2 Å². The Hall–Kier alpha value is 1.52. The van der Waals surface area contributed by atoms with Crippen molar-refractivity contribution in [2.75, 3.05) is 0 Å². The summed E-state index contributed by atoms with van der Waals surface area (Å²) in [4.78, 5) is 0. The van der Waals surface area contributed by atoms with Crippen molar-refractivity contribution in [1.82, 2.24) is 0 Å². The van der Waals surface area contributed by atoms with Crippen LogP contribution in [0.2, 0.25) is 13.4 Å². The second kappa shape index (κ2) is 3.07. The molecular weight excluding hydrogens is 327 g/mol. The first kappa shape index (κ1) is 7.62. The molecule has 1 saturated heterocycles. The molecule has 2 heteroatoms. The molecule has 0 bridgehead atoms. The first-order chi connectivity index (χ1) is 3.77. The summed E-state index contributed by atoms with van der Waals surface area (Å²) in [6.07, 6.45) is 3.11. The van der Waals surface area contributed by atoms with E-state index < -0.39 is 14.2 Å². The average Bonchev–Trinajstić information content (AvgIpc) is 2.17. The van der Waals surface area contributed by atoms with Gasteiger partial charge in [-0.05, 0) is 0 Å². The molecule has 0 N–H and O–H groups in total. The number of rotatable bonds is 1. The van der Waals surface area contributed by atoms with Crippen molar-refractivity contribution in [2.45, 2.75) is 33.2 Å². The SMILES string of the molecule is CC[Te]1(I)CCCC1. The van der Waals surface area contributed by atoms with Gasteiger partial charge in [-0.25, -0.2) is 0 Å². The summed E-state index contributed by atoms with van der Waals surface area (Å²) in [5, 5.41) is 0. The fourth-order valence-electron chi connectivity index (χ4n) is 1.11. The molecule has 1 fully saturated rings. The molecule has 0 aromatic heterocycles. The van der Waals surface area contributed by atoms with Crippen molar-refractivity contribution in [1.29, 1.82) is 0 Å². The molecular formula is C6H13ITe. The third-order valence-corrected chi connectivity index (χ3v) is 20.7. The van der Waals surface area contributed by atoms with E-state index in [1.807, 2.05) is 0 Å². The van der Waals surface area contributed by atoms with Crippen molar-refractivity contribution in [3.63, 3.8) is 0 Å². The van der Waals surface area contributed by atoms with E-state index in [-0.39, 0.29) is 0 Å². The van der Waals surface area contributed by atoms with Crippen LogP contribution in [0.5, 0.6) is 0 Å². The zero-order valence-corrected chi connectivity index (χ0v) is 9.81. The molecule has 0 aromatic carbocycles. The van der Waals surface area contributed by atoms with Gasteiger partial charge in [0.15, 0.2) is 0 Å². The van der Waals surface area contributed by atoms with Gasteiger partial charge in [-0.3, -0.25) is 0 Å². The molecule has 0 amide bonds. The van der Waals surface area contributed by atoms with Gasteiger partial charge >= 0.3 is 66.1 Å². The predicted octanol–water partition coefficient (Wildman–Crippen LogP) is 3.18. The topological polar surface area (TPSA) is 0 Å². The number of hydrogen-bond donors (Lipinski definition) is 0. The monoisotopic (exact) mass is 342 g/mol. The van der Waals surface area contributed by atoms with Crippen LogP contribution in [0.15, 0.2) is 0 Å². The van der Waals surface area contributed by atoms with Crippen molar-refractivity contribution in [2.24, 2.45) is 0 Å². The third-order valence-electron chi connectivity index (χ3n) is 1.79. The Labute approximate surface area is 65.5 Å². The van der Waals surface area contributed by atoms with Gasteiger partial charge in [0.25, 0.3) is 0 Å². The van der Waals surface area contributed by atoms with Crippen molar-refractivity contribution in [3.8, 4) is 0 Å². The van der Waals surface area contributed by atoms with E-state index in [4.69, 9.17) is 0 Å². The van der Waals surface area contributed by atoms with Gasteiger partial charge in [0.2, 0.25) is 0 Å². The molecule has 1 rings (SSSR count). The Kier molecular flexibility index (Phi) is 2.93. The van der Waals surface area contributed by atoms with Gasteiger partial charge in [-0.1, -0.05) is 0 Å². The van der Waals surface area contributed by atoms with Gasteiger partial charge in [-0.15, -0.1) is 0 Å². The minimum atomic E-state index is -1.07. The first-order valence-corrected chi connectivity index (χ1v) is 15.0. The molecule has 0 saturated carbocycles. The summed E-state index contributed by atoms with van der Waals surface area (Å²) < 4.78 is 4.86. The predicted molar refractivity (Wildman–Crippen MR) is 49.1 cm³/mol. The molecule has 1 heterocycles. The van der Waals surface area contributed by atoms with Crippen molar-refractivity contribution >= 4 is 32.9 Å². The van der Waals surface area contributed by atoms with Crippen LogP contribution in [0.25, 0.3) is 0 Å². The molecule has 1 aliphatic rings. The summed E-state index contributed by atoms with van der Waals surface area (Å²) in [5.41, 5.74) is 0. The van der Waals surface area contributed by atoms with Crippen molar-refractivity contribution < 1.29 is 0 Å². The van der Waals surface area contributed by atoms with Crippen LogP contribution in [0, 0.1) is 0 Å². The second-order valence-corrected chi connectivity index (χ2v) is 24.2. The summed E-state index contributed by atoms with van der Waals surface area (Å²) in [6, 6.07) is 0. The summed E-state index contributed by atoms with van der Waals surface area (Å²) in [5.74, 6) is 0. The Morgan fingerprint density at radius 1 is 1.38 bits per heavy atom. The first-order valence-electron chi connectivity index (χ1n) is 3.23. The summed E-state index contributed by atoms with van der Waals surface area (Å²) in [7, 11) is 0. The molecule has 1 aliphatic heterocycles. The standard InChI is InChI=1S/C6H13ITe/c1-2-8(7)5-3-4-6-8/h2-6H2,1H3. The molecule has 0 atom stereocenters. The zero-order valence-electron chi connectivity index (χ0n) is 5.32. The third kappa shape index (κ3) is 1.75. The quantitative estimate of drug-likeness (QED) is 0.508. The Bertz CT molecular complexity index is 76.6. The molecule has 0 radical (unpaired) electrons. The van der Waals surface area contributed by atoms with E-state index in [9.17, 15) is 0 Å². The van der Waals surface area contributed by atoms with Gasteiger partial charge in [0, 0.05) is 0 Å². The zero-order chi connectivity index (χ0) is 6.04. The molecule has 50 valence electrons. The van der Waals surface area contributed by atoms with Crippen LogP contribution in [0.4, 0.5) is 0 Å². The number of hydrogen-bond acceptors (Lipinski definition) is 0. The van der Waals surface area contributed by atoms with Gasteiger partial charge in [0.05, 0.1) is 0 Å². The van der Waals surface area contributed by atoms with Crippen LogP contribution in [0.3, 0.4) is 0 Å². The maximum absolute atomic E-state index is 2.82. The molecule has 0 spiro atoms. The normalized spacial score (nSPS) is 30.2. The van der Waals surface area contributed by atoms with E-state index in [0.717, 1.165) is 0 Å². The van der Waals surface area contributed by atoms with Crippen LogP contribution in [0.1, 0.15) is 19.8 Å². The Morgan fingerprint density at radius 3 is 2.12 bits per heavy atom. The van der Waals surface area contributed by atoms with Gasteiger partial charge in [0.1, 0.15) is 0 Å². The molecule has 0 aromatic rings. The van der Waals surface area contributed by atoms with E-state index in [1.165, 1.54) is 0 Å². The maximum atomic E-state index is 2.82. The van der Waals surface area contributed by atoms with E-state index in [1.54, 1.807) is 26.2 Å². The number of halogens is 1. The summed E-state index contributed by atoms with van der Waals surface area (Å²) in [6.45, 7) is 2.39. The van der Waals surface area contributed by atoms with E-state index >= 15 is 0 Å². The summed E-state index contributed by atoms with van der Waals surface area (Å²) >= 11 is 1.75. The molecule has 0 aliphatic carbocycles. The molecule has 0 unspecified atom stereocenters. The van der Waals surface area contributed by atoms with E-state index in [0.29, 0.717) is 0 Å². The fraction of sp³-hybridized carbons (Fsp3) is 1.00. The van der Waals surface area contributed by atoms with Gasteiger partial charge in [-0.2, -0.15) is 0 Å². The van der Waals surface area contributed by atoms with Crippen LogP contribution >= 0.6 is 18.7 Å². The Morgan fingerprint density at radius 2 is 1.88 bits per heavy atom. The molecule has 0 nitrogen and oxygen atoms in total. The van der Waals surface area contributed by atoms with Crippen molar-refractivity contribution in [3.05, 3.63) is 0 Å². The Balaban J connectivity index is 2.40. The van der Waals surface area contributed by atoms with Crippen LogP contribution < -0.4 is 0 Å². The van der Waals surface area contributed by atoms with Crippen LogP contribution in [-0.2, 0) is 0 Å². The minimum absolute atomic E-state index is 1.07. The molecule has 8 heavy (non-hydrogen) atoms.